The van der Waals surface area contributed by atoms with Crippen molar-refractivity contribution in [3.05, 3.63) is 0 Å². The second-order valence-electron chi connectivity index (χ2n) is 4.74. The SMILES string of the molecule is CCCC1CCCCN1C(=O)C1CC1. The van der Waals surface area contributed by atoms with E-state index in [1.54, 1.807) is 0 Å². The van der Waals surface area contributed by atoms with Crippen LogP contribution in [-0.2, 0) is 4.79 Å². The van der Waals surface area contributed by atoms with Crippen LogP contribution in [-0.4, -0.2) is 23.4 Å². The second-order valence-corrected chi connectivity index (χ2v) is 4.74. The minimum Gasteiger partial charge on any atom is -0.339 e. The Kier molecular flexibility index (Phi) is 3.09. The van der Waals surface area contributed by atoms with Gasteiger partial charge in [0.2, 0.25) is 5.91 Å². The molecule has 0 aromatic heterocycles. The molecular weight excluding hydrogens is 174 g/mol. The summed E-state index contributed by atoms with van der Waals surface area (Å²) in [6.45, 7) is 3.24. The summed E-state index contributed by atoms with van der Waals surface area (Å²) >= 11 is 0. The Bertz CT molecular complexity index is 208. The van der Waals surface area contributed by atoms with Gasteiger partial charge in [-0.05, 0) is 38.5 Å². The highest BCUT2D eigenvalue weighted by Crippen LogP contribution is 2.33. The third-order valence-corrected chi connectivity index (χ3v) is 3.46. The van der Waals surface area contributed by atoms with Crippen LogP contribution in [0.4, 0.5) is 0 Å². The lowest BCUT2D eigenvalue weighted by atomic mass is 9.97. The first-order chi connectivity index (χ1) is 6.83. The molecule has 1 unspecified atom stereocenters. The molecule has 0 N–H and O–H groups in total. The molecule has 1 aliphatic heterocycles. The van der Waals surface area contributed by atoms with Crippen molar-refractivity contribution in [1.29, 1.82) is 0 Å². The van der Waals surface area contributed by atoms with Crippen LogP contribution >= 0.6 is 0 Å². The number of carbonyl (C=O) groups is 1. The smallest absolute Gasteiger partial charge is 0.225 e. The Labute approximate surface area is 86.7 Å². The van der Waals surface area contributed by atoms with Crippen molar-refractivity contribution in [2.45, 2.75) is 57.9 Å². The molecule has 0 aromatic carbocycles. The molecule has 2 rings (SSSR count). The Morgan fingerprint density at radius 1 is 1.29 bits per heavy atom. The van der Waals surface area contributed by atoms with Gasteiger partial charge in [0, 0.05) is 18.5 Å². The van der Waals surface area contributed by atoms with Gasteiger partial charge in [-0.2, -0.15) is 0 Å². The van der Waals surface area contributed by atoms with Crippen LogP contribution in [0.3, 0.4) is 0 Å². The van der Waals surface area contributed by atoms with Crippen LogP contribution in [0.25, 0.3) is 0 Å². The second kappa shape index (κ2) is 4.33. The minimum atomic E-state index is 0.410. The van der Waals surface area contributed by atoms with Crippen molar-refractivity contribution < 1.29 is 4.79 Å². The number of piperidine rings is 1. The van der Waals surface area contributed by atoms with Gasteiger partial charge in [-0.25, -0.2) is 0 Å². The average Bonchev–Trinajstić information content (AvgIpc) is 3.01. The molecule has 1 saturated carbocycles. The summed E-state index contributed by atoms with van der Waals surface area (Å²) in [6.07, 6.45) is 8.49. The van der Waals surface area contributed by atoms with E-state index in [9.17, 15) is 4.79 Å². The van der Waals surface area contributed by atoms with Crippen LogP contribution in [0.5, 0.6) is 0 Å². The number of nitrogens with zero attached hydrogens (tertiary/aromatic N) is 1. The van der Waals surface area contributed by atoms with Crippen molar-refractivity contribution in [3.63, 3.8) is 0 Å². The molecule has 0 aromatic rings. The van der Waals surface area contributed by atoms with E-state index >= 15 is 0 Å². The third-order valence-electron chi connectivity index (χ3n) is 3.46. The lowest BCUT2D eigenvalue weighted by Gasteiger charge is -2.36. The van der Waals surface area contributed by atoms with Crippen molar-refractivity contribution in [1.82, 2.24) is 4.90 Å². The van der Waals surface area contributed by atoms with Crippen molar-refractivity contribution in [3.8, 4) is 0 Å². The van der Waals surface area contributed by atoms with E-state index in [0.717, 1.165) is 19.4 Å². The van der Waals surface area contributed by atoms with Crippen LogP contribution < -0.4 is 0 Å². The van der Waals surface area contributed by atoms with Gasteiger partial charge in [0.25, 0.3) is 0 Å². The highest BCUT2D eigenvalue weighted by Gasteiger charge is 2.36. The standard InChI is InChI=1S/C12H21NO/c1-2-5-11-6-3-4-9-13(11)12(14)10-7-8-10/h10-11H,2-9H2,1H3. The van der Waals surface area contributed by atoms with Gasteiger partial charge in [-0.15, -0.1) is 0 Å². The van der Waals surface area contributed by atoms with Crippen molar-refractivity contribution in [2.24, 2.45) is 5.92 Å². The Balaban J connectivity index is 1.94. The maximum atomic E-state index is 12.0. The molecule has 2 aliphatic rings. The van der Waals surface area contributed by atoms with Crippen LogP contribution in [0.15, 0.2) is 0 Å². The van der Waals surface area contributed by atoms with Gasteiger partial charge < -0.3 is 4.90 Å². The molecule has 2 fully saturated rings. The molecule has 0 radical (unpaired) electrons. The predicted octanol–water partition coefficient (Wildman–Crippen LogP) is 2.58. The normalized spacial score (nSPS) is 27.8. The van der Waals surface area contributed by atoms with E-state index in [1.807, 2.05) is 0 Å². The Hall–Kier alpha value is -0.530. The van der Waals surface area contributed by atoms with Gasteiger partial charge in [-0.1, -0.05) is 13.3 Å². The number of hydrogen-bond acceptors (Lipinski definition) is 1. The maximum Gasteiger partial charge on any atom is 0.225 e. The van der Waals surface area contributed by atoms with E-state index in [1.165, 1.54) is 32.1 Å². The fourth-order valence-corrected chi connectivity index (χ4v) is 2.49. The quantitative estimate of drug-likeness (QED) is 0.678. The van der Waals surface area contributed by atoms with E-state index in [-0.39, 0.29) is 0 Å². The molecule has 1 saturated heterocycles. The topological polar surface area (TPSA) is 20.3 Å². The largest absolute Gasteiger partial charge is 0.339 e. The molecular formula is C12H21NO. The number of hydrogen-bond donors (Lipinski definition) is 0. The number of amides is 1. The lowest BCUT2D eigenvalue weighted by Crippen LogP contribution is -2.44. The van der Waals surface area contributed by atoms with Crippen molar-refractivity contribution in [2.75, 3.05) is 6.54 Å². The number of likely N-dealkylation sites (tertiary alicyclic amines) is 1. The zero-order chi connectivity index (χ0) is 9.97. The molecule has 0 bridgehead atoms. The van der Waals surface area contributed by atoms with Gasteiger partial charge in [0.05, 0.1) is 0 Å². The summed E-state index contributed by atoms with van der Waals surface area (Å²) in [4.78, 5) is 14.2. The van der Waals surface area contributed by atoms with E-state index in [0.29, 0.717) is 17.9 Å². The molecule has 1 aliphatic carbocycles. The average molecular weight is 195 g/mol. The summed E-state index contributed by atoms with van der Waals surface area (Å²) < 4.78 is 0. The molecule has 2 heteroatoms. The first-order valence-electron chi connectivity index (χ1n) is 6.13. The molecule has 1 amide bonds. The molecule has 0 spiro atoms. The zero-order valence-corrected chi connectivity index (χ0v) is 9.17. The summed E-state index contributed by atoms with van der Waals surface area (Å²) in [5.74, 6) is 0.871. The first-order valence-corrected chi connectivity index (χ1v) is 6.13. The Morgan fingerprint density at radius 2 is 2.07 bits per heavy atom. The summed E-state index contributed by atoms with van der Waals surface area (Å²) in [5.41, 5.74) is 0. The van der Waals surface area contributed by atoms with Crippen LogP contribution in [0, 0.1) is 5.92 Å². The van der Waals surface area contributed by atoms with E-state index in [4.69, 9.17) is 0 Å². The highest BCUT2D eigenvalue weighted by atomic mass is 16.2. The summed E-state index contributed by atoms with van der Waals surface area (Å²) in [6, 6.07) is 0.571. The van der Waals surface area contributed by atoms with Crippen molar-refractivity contribution >= 4 is 5.91 Å². The molecule has 1 atom stereocenters. The molecule has 14 heavy (non-hydrogen) atoms. The lowest BCUT2D eigenvalue weighted by molar-refractivity contribution is -0.136. The fourth-order valence-electron chi connectivity index (χ4n) is 2.49. The number of carbonyl (C=O) groups excluding carboxylic acids is 1. The fraction of sp³-hybridized carbons (Fsp3) is 0.917. The maximum absolute atomic E-state index is 12.0. The van der Waals surface area contributed by atoms with Crippen LogP contribution in [0.2, 0.25) is 0 Å². The molecule has 80 valence electrons. The summed E-state index contributed by atoms with van der Waals surface area (Å²) in [5, 5.41) is 0. The number of rotatable bonds is 3. The monoisotopic (exact) mass is 195 g/mol. The van der Waals surface area contributed by atoms with E-state index < -0.39 is 0 Å². The van der Waals surface area contributed by atoms with Gasteiger partial charge >= 0.3 is 0 Å². The summed E-state index contributed by atoms with van der Waals surface area (Å²) in [7, 11) is 0. The first kappa shape index (κ1) is 10.0. The molecule has 1 heterocycles. The van der Waals surface area contributed by atoms with E-state index in [2.05, 4.69) is 11.8 Å². The predicted molar refractivity (Wildman–Crippen MR) is 57.0 cm³/mol. The Morgan fingerprint density at radius 3 is 2.71 bits per heavy atom. The highest BCUT2D eigenvalue weighted by molar-refractivity contribution is 5.81. The zero-order valence-electron chi connectivity index (χ0n) is 9.17. The molecule has 2 nitrogen and oxygen atoms in total. The third kappa shape index (κ3) is 2.10. The minimum absolute atomic E-state index is 0.410. The van der Waals surface area contributed by atoms with Gasteiger partial charge in [-0.3, -0.25) is 4.79 Å². The van der Waals surface area contributed by atoms with Gasteiger partial charge in [0.15, 0.2) is 0 Å². The van der Waals surface area contributed by atoms with Gasteiger partial charge in [0.1, 0.15) is 0 Å². The van der Waals surface area contributed by atoms with Crippen LogP contribution in [0.1, 0.15) is 51.9 Å².